The Morgan fingerprint density at radius 3 is 0.990 bits per heavy atom. The Kier molecular flexibility index (Phi) is 12.1. The predicted molar refractivity (Wildman–Crippen MR) is 426 cm³/mol. The minimum Gasteiger partial charge on any atom is -0.456 e. The van der Waals surface area contributed by atoms with Crippen LogP contribution in [0.15, 0.2) is 361 Å². The molecule has 0 spiro atoms. The largest absolute Gasteiger partial charge is 0.456 e. The standard InChI is InChI=1S/C96H58N4O2/c1-2-14-59(15-3-1)68-39-50-79-81-52-51-80-78-49-38-67(55-90(78)100(95(80)96(81)102-93(79)56-68)72-47-36-63(37-48-72)61-32-43-70(44-33-61)98-87-23-11-6-18-75(87)76-19-7-12-24-88(76)98)65-28-26-64(27-29-65)66-40-53-92-83(54-66)84-57-91-82(58-94(84)101-92)77-20-8-13-25-89(77)99(91)71-45-34-62(35-46-71)60-30-41-69(42-31-60)97-85-21-9-4-16-73(85)74-17-5-10-22-86(74)97/h1-58H. The Bertz CT molecular complexity index is 7080. The molecule has 6 heteroatoms. The molecule has 22 rings (SSSR count). The second-order valence-electron chi connectivity index (χ2n) is 27.1. The molecule has 474 valence electrons. The monoisotopic (exact) mass is 1300 g/mol. The van der Waals surface area contributed by atoms with E-state index >= 15 is 0 Å². The van der Waals surface area contributed by atoms with Crippen LogP contribution in [0.5, 0.6) is 0 Å². The van der Waals surface area contributed by atoms with Crippen LogP contribution in [0.3, 0.4) is 0 Å². The molecule has 0 aliphatic heterocycles. The van der Waals surface area contributed by atoms with Crippen LogP contribution in [0.25, 0.3) is 209 Å². The van der Waals surface area contributed by atoms with E-state index in [0.29, 0.717) is 0 Å². The van der Waals surface area contributed by atoms with Crippen molar-refractivity contribution in [2.24, 2.45) is 0 Å². The highest BCUT2D eigenvalue weighted by molar-refractivity contribution is 6.23. The lowest BCUT2D eigenvalue weighted by molar-refractivity contribution is 0.669. The lowest BCUT2D eigenvalue weighted by atomic mass is 9.98. The third-order valence-electron chi connectivity index (χ3n) is 21.6. The average Bonchev–Trinajstić information content (AvgIpc) is 1.57. The number of para-hydroxylation sites is 5. The van der Waals surface area contributed by atoms with Gasteiger partial charge in [-0.1, -0.05) is 224 Å². The van der Waals surface area contributed by atoms with Crippen molar-refractivity contribution < 1.29 is 8.83 Å². The van der Waals surface area contributed by atoms with E-state index in [2.05, 4.69) is 370 Å². The Morgan fingerprint density at radius 2 is 0.480 bits per heavy atom. The van der Waals surface area contributed by atoms with Gasteiger partial charge in [-0.05, 0) is 183 Å². The molecule has 102 heavy (non-hydrogen) atoms. The van der Waals surface area contributed by atoms with E-state index in [0.717, 1.165) is 149 Å². The molecule has 0 atom stereocenters. The summed E-state index contributed by atoms with van der Waals surface area (Å²) in [4.78, 5) is 0. The van der Waals surface area contributed by atoms with Gasteiger partial charge in [-0.25, -0.2) is 0 Å². The van der Waals surface area contributed by atoms with E-state index in [1.54, 1.807) is 0 Å². The predicted octanol–water partition coefficient (Wildman–Crippen LogP) is 26.2. The smallest absolute Gasteiger partial charge is 0.160 e. The minimum atomic E-state index is 0.864. The highest BCUT2D eigenvalue weighted by Crippen LogP contribution is 2.45. The van der Waals surface area contributed by atoms with Gasteiger partial charge in [0.2, 0.25) is 0 Å². The fourth-order valence-electron chi connectivity index (χ4n) is 16.8. The quantitative estimate of drug-likeness (QED) is 0.145. The van der Waals surface area contributed by atoms with Crippen LogP contribution in [0.2, 0.25) is 0 Å². The first kappa shape index (κ1) is 56.3. The molecule has 22 aromatic rings. The fraction of sp³-hybridized carbons (Fsp3) is 0. The summed E-state index contributed by atoms with van der Waals surface area (Å²) < 4.78 is 23.4. The van der Waals surface area contributed by atoms with Gasteiger partial charge in [0.1, 0.15) is 16.7 Å². The normalized spacial score (nSPS) is 12.1. The second kappa shape index (κ2) is 21.9. The number of aromatic nitrogens is 4. The number of rotatable bonds is 9. The van der Waals surface area contributed by atoms with Gasteiger partial charge in [-0.2, -0.15) is 0 Å². The highest BCUT2D eigenvalue weighted by Gasteiger charge is 2.23. The van der Waals surface area contributed by atoms with Crippen LogP contribution in [-0.4, -0.2) is 18.3 Å². The number of benzene rings is 16. The molecule has 6 heterocycles. The molecule has 16 aromatic carbocycles. The summed E-state index contributed by atoms with van der Waals surface area (Å²) in [7, 11) is 0. The van der Waals surface area contributed by atoms with Gasteiger partial charge >= 0.3 is 0 Å². The molecule has 0 radical (unpaired) electrons. The van der Waals surface area contributed by atoms with E-state index in [1.807, 2.05) is 0 Å². The summed E-state index contributed by atoms with van der Waals surface area (Å²) in [5, 5.41) is 14.0. The molecule has 6 nitrogen and oxygen atoms in total. The zero-order chi connectivity index (χ0) is 66.7. The Balaban J connectivity index is 0.606. The van der Waals surface area contributed by atoms with Crippen molar-refractivity contribution in [3.8, 4) is 78.4 Å². The van der Waals surface area contributed by atoms with Crippen molar-refractivity contribution >= 4 is 131 Å². The van der Waals surface area contributed by atoms with E-state index in [1.165, 1.54) is 60.1 Å². The van der Waals surface area contributed by atoms with Crippen molar-refractivity contribution in [3.05, 3.63) is 352 Å². The number of furan rings is 2. The Morgan fingerprint density at radius 1 is 0.157 bits per heavy atom. The molecule has 0 N–H and O–H groups in total. The highest BCUT2D eigenvalue weighted by atomic mass is 16.3. The molecule has 0 fully saturated rings. The van der Waals surface area contributed by atoms with Gasteiger partial charge in [0.25, 0.3) is 0 Å². The SMILES string of the molecule is c1ccc(-c2ccc3c(c2)oc2c3ccc3c4ccc(-c5ccc(-c6ccc7oc8cc9c%10ccccc%10n(-c%10ccc(-c%11ccc(-n%12c%13ccccc%13c%13ccccc%13%12)cc%11)cc%10)c9cc8c7c6)cc5)cc4n(-c4ccc(-c5ccc(-n6c7ccccc7c7ccccc76)cc5)cc4)c32)cc1. The summed E-state index contributed by atoms with van der Waals surface area (Å²) in [5.74, 6) is 0. The zero-order valence-electron chi connectivity index (χ0n) is 55.1. The first-order valence-electron chi connectivity index (χ1n) is 34.9. The third kappa shape index (κ3) is 8.54. The van der Waals surface area contributed by atoms with Gasteiger partial charge in [0.15, 0.2) is 5.58 Å². The van der Waals surface area contributed by atoms with Crippen molar-refractivity contribution in [3.63, 3.8) is 0 Å². The third-order valence-corrected chi connectivity index (χ3v) is 21.6. The van der Waals surface area contributed by atoms with Crippen LogP contribution in [-0.2, 0) is 0 Å². The molecule has 0 aliphatic rings. The number of fused-ring (bicyclic) bond motifs is 19. The Hall–Kier alpha value is -13.7. The first-order valence-corrected chi connectivity index (χ1v) is 34.9. The number of hydrogen-bond acceptors (Lipinski definition) is 2. The van der Waals surface area contributed by atoms with Gasteiger partial charge in [-0.3, -0.25) is 0 Å². The molecular formula is C96H58N4O2. The Labute approximate surface area is 584 Å². The van der Waals surface area contributed by atoms with Gasteiger partial charge in [0, 0.05) is 87.4 Å². The van der Waals surface area contributed by atoms with Gasteiger partial charge < -0.3 is 27.1 Å². The van der Waals surface area contributed by atoms with Crippen LogP contribution in [0, 0.1) is 0 Å². The van der Waals surface area contributed by atoms with E-state index in [-0.39, 0.29) is 0 Å². The van der Waals surface area contributed by atoms with Crippen molar-refractivity contribution in [2.75, 3.05) is 0 Å². The van der Waals surface area contributed by atoms with Crippen molar-refractivity contribution in [1.82, 2.24) is 18.3 Å². The van der Waals surface area contributed by atoms with Crippen LogP contribution in [0.4, 0.5) is 0 Å². The molecule has 6 aromatic heterocycles. The summed E-state index contributed by atoms with van der Waals surface area (Å²) in [6, 6.07) is 128. The molecule has 0 saturated heterocycles. The summed E-state index contributed by atoms with van der Waals surface area (Å²) in [6.45, 7) is 0. The summed E-state index contributed by atoms with van der Waals surface area (Å²) >= 11 is 0. The molecule has 0 aliphatic carbocycles. The topological polar surface area (TPSA) is 46.0 Å². The summed E-state index contributed by atoms with van der Waals surface area (Å²) in [5.41, 5.74) is 28.6. The average molecular weight is 1300 g/mol. The van der Waals surface area contributed by atoms with E-state index in [4.69, 9.17) is 8.83 Å². The van der Waals surface area contributed by atoms with Crippen LogP contribution < -0.4 is 0 Å². The second-order valence-corrected chi connectivity index (χ2v) is 27.1. The first-order chi connectivity index (χ1) is 50.5. The maximum absolute atomic E-state index is 7.09. The van der Waals surface area contributed by atoms with Crippen LogP contribution in [0.1, 0.15) is 0 Å². The van der Waals surface area contributed by atoms with Gasteiger partial charge in [-0.15, -0.1) is 0 Å². The van der Waals surface area contributed by atoms with Crippen molar-refractivity contribution in [1.29, 1.82) is 0 Å². The molecule has 0 amide bonds. The van der Waals surface area contributed by atoms with E-state index in [9.17, 15) is 0 Å². The molecule has 0 bridgehead atoms. The van der Waals surface area contributed by atoms with Gasteiger partial charge in [0.05, 0.1) is 44.1 Å². The minimum absolute atomic E-state index is 0.864. The molecule has 0 saturated carbocycles. The summed E-state index contributed by atoms with van der Waals surface area (Å²) in [6.07, 6.45) is 0. The molecule has 0 unspecified atom stereocenters. The lowest BCUT2D eigenvalue weighted by Crippen LogP contribution is -1.95. The number of hydrogen-bond donors (Lipinski definition) is 0. The number of nitrogens with zero attached hydrogens (tertiary/aromatic N) is 4. The fourth-order valence-corrected chi connectivity index (χ4v) is 16.8. The maximum Gasteiger partial charge on any atom is 0.160 e. The lowest BCUT2D eigenvalue weighted by Gasteiger charge is -2.12. The zero-order valence-corrected chi connectivity index (χ0v) is 55.1. The maximum atomic E-state index is 7.09. The van der Waals surface area contributed by atoms with Crippen molar-refractivity contribution in [2.45, 2.75) is 0 Å². The van der Waals surface area contributed by atoms with E-state index < -0.39 is 0 Å². The molecular weight excluding hydrogens is 1240 g/mol. The van der Waals surface area contributed by atoms with Crippen LogP contribution >= 0.6 is 0 Å².